The van der Waals surface area contributed by atoms with Crippen LogP contribution in [0.15, 0.2) is 41.0 Å². The van der Waals surface area contributed by atoms with Crippen molar-refractivity contribution in [1.29, 1.82) is 0 Å². The fraction of sp³-hybridized carbons (Fsp3) is 0.400. The van der Waals surface area contributed by atoms with E-state index in [9.17, 15) is 4.79 Å². The Hall–Kier alpha value is -2.60. The lowest BCUT2D eigenvalue weighted by Crippen LogP contribution is -2.23. The molecule has 6 nitrogen and oxygen atoms in total. The molecule has 2 heterocycles. The number of nitrogens with one attached hydrogen (secondary N) is 1. The molecule has 6 heteroatoms. The zero-order chi connectivity index (χ0) is 18.1. The number of carbonyl (C=O) groups is 1. The number of fused-ring (bicyclic) bond motifs is 1. The van der Waals surface area contributed by atoms with Gasteiger partial charge in [-0.3, -0.25) is 0 Å². The van der Waals surface area contributed by atoms with Crippen LogP contribution in [-0.2, 0) is 4.74 Å². The number of hydrazone groups is 1. The molecule has 1 saturated carbocycles. The zero-order valence-corrected chi connectivity index (χ0v) is 15.2. The summed E-state index contributed by atoms with van der Waals surface area (Å²) >= 11 is 0. The lowest BCUT2D eigenvalue weighted by atomic mass is 10.1. The third kappa shape index (κ3) is 3.37. The second-order valence-electron chi connectivity index (χ2n) is 7.16. The minimum absolute atomic E-state index is 0.337. The molecule has 0 saturated heterocycles. The van der Waals surface area contributed by atoms with Gasteiger partial charge in [0.25, 0.3) is 0 Å². The molecule has 4 rings (SSSR count). The number of hydrogen-bond acceptors (Lipinski definition) is 5. The average Bonchev–Trinajstić information content (AvgIpc) is 3.24. The summed E-state index contributed by atoms with van der Waals surface area (Å²) < 4.78 is 7.17. The topological polar surface area (TPSA) is 58.9 Å². The number of carbonyl (C=O) groups excluding carboxylic acids is 1. The fourth-order valence-corrected chi connectivity index (χ4v) is 3.25. The highest BCUT2D eigenvalue weighted by molar-refractivity contribution is 6.08. The van der Waals surface area contributed by atoms with E-state index in [1.165, 1.54) is 12.8 Å². The quantitative estimate of drug-likeness (QED) is 0.899. The molecule has 0 spiro atoms. The van der Waals surface area contributed by atoms with Gasteiger partial charge in [0.1, 0.15) is 6.61 Å². The van der Waals surface area contributed by atoms with Gasteiger partial charge in [0, 0.05) is 17.8 Å². The fourth-order valence-electron chi connectivity index (χ4n) is 3.25. The predicted octanol–water partition coefficient (Wildman–Crippen LogP) is 2.94. The number of benzene rings is 1. The molecule has 0 bridgehead atoms. The van der Waals surface area contributed by atoms with E-state index in [0.717, 1.165) is 27.9 Å². The molecule has 1 aliphatic heterocycles. The molecule has 1 N–H and O–H groups in total. The molecular weight excluding hydrogens is 328 g/mol. The third-order valence-corrected chi connectivity index (χ3v) is 4.77. The molecule has 136 valence electrons. The Bertz CT molecular complexity index is 890. The summed E-state index contributed by atoms with van der Waals surface area (Å²) in [5, 5.41) is 5.47. The highest BCUT2D eigenvalue weighted by atomic mass is 16.5. The van der Waals surface area contributed by atoms with Crippen LogP contribution in [0.1, 0.15) is 18.5 Å². The van der Waals surface area contributed by atoms with Crippen molar-refractivity contribution in [1.82, 2.24) is 14.9 Å². The maximum absolute atomic E-state index is 12.8. The molecule has 0 unspecified atom stereocenters. The number of nitrogens with zero attached hydrogens (tertiary/aromatic N) is 3. The van der Waals surface area contributed by atoms with Gasteiger partial charge < -0.3 is 15.1 Å². The van der Waals surface area contributed by atoms with E-state index < -0.39 is 0 Å². The van der Waals surface area contributed by atoms with Gasteiger partial charge in [0.15, 0.2) is 0 Å². The lowest BCUT2D eigenvalue weighted by molar-refractivity contribution is 0.139. The first kappa shape index (κ1) is 16.8. The van der Waals surface area contributed by atoms with Crippen molar-refractivity contribution in [2.45, 2.75) is 12.8 Å². The van der Waals surface area contributed by atoms with Crippen LogP contribution in [-0.4, -0.2) is 55.1 Å². The van der Waals surface area contributed by atoms with E-state index in [1.807, 2.05) is 49.3 Å². The summed E-state index contributed by atoms with van der Waals surface area (Å²) in [6.45, 7) is 1.78. The number of likely N-dealkylation sites (N-methyl/N-ethyl adjacent to an activating group) is 1. The summed E-state index contributed by atoms with van der Waals surface area (Å²) in [6, 6.07) is 9.93. The van der Waals surface area contributed by atoms with E-state index in [0.29, 0.717) is 25.6 Å². The van der Waals surface area contributed by atoms with Crippen LogP contribution in [0.3, 0.4) is 0 Å². The van der Waals surface area contributed by atoms with Crippen molar-refractivity contribution in [3.8, 4) is 0 Å². The molecule has 1 aromatic carbocycles. The molecule has 2 aromatic rings. The van der Waals surface area contributed by atoms with Crippen LogP contribution in [0.5, 0.6) is 0 Å². The van der Waals surface area contributed by atoms with Crippen LogP contribution in [0, 0.1) is 5.92 Å². The van der Waals surface area contributed by atoms with Crippen molar-refractivity contribution in [2.24, 2.45) is 11.0 Å². The highest BCUT2D eigenvalue weighted by Crippen LogP contribution is 2.35. The molecule has 0 amide bonds. The van der Waals surface area contributed by atoms with E-state index >= 15 is 0 Å². The summed E-state index contributed by atoms with van der Waals surface area (Å²) in [5.41, 5.74) is 7.09. The maximum Gasteiger partial charge on any atom is 0.419 e. The van der Waals surface area contributed by atoms with Crippen molar-refractivity contribution < 1.29 is 9.53 Å². The van der Waals surface area contributed by atoms with Gasteiger partial charge in [0.2, 0.25) is 0 Å². The second kappa shape index (κ2) is 6.96. The smallest absolute Gasteiger partial charge is 0.419 e. The van der Waals surface area contributed by atoms with Gasteiger partial charge in [-0.1, -0.05) is 18.2 Å². The SMILES string of the molecule is CN(C)CCOC(=O)n1c(/C=C2\CNN=C2C2CC2)cc2ccccc21. The maximum atomic E-state index is 12.8. The van der Waals surface area contributed by atoms with Crippen LogP contribution in [0.2, 0.25) is 0 Å². The van der Waals surface area contributed by atoms with Crippen molar-refractivity contribution in [2.75, 3.05) is 33.8 Å². The molecule has 1 aromatic heterocycles. The number of rotatable bonds is 5. The van der Waals surface area contributed by atoms with E-state index in [4.69, 9.17) is 4.74 Å². The van der Waals surface area contributed by atoms with Gasteiger partial charge in [-0.25, -0.2) is 9.36 Å². The molecule has 1 aliphatic carbocycles. The van der Waals surface area contributed by atoms with Gasteiger partial charge in [-0.2, -0.15) is 5.10 Å². The Balaban J connectivity index is 1.68. The third-order valence-electron chi connectivity index (χ3n) is 4.77. The first-order chi connectivity index (χ1) is 12.6. The lowest BCUT2D eigenvalue weighted by Gasteiger charge is -2.12. The minimum atomic E-state index is -0.337. The Morgan fingerprint density at radius 3 is 2.96 bits per heavy atom. The number of hydrogen-bond donors (Lipinski definition) is 1. The van der Waals surface area contributed by atoms with Crippen molar-refractivity contribution >= 4 is 28.8 Å². The molecule has 2 aliphatic rings. The predicted molar refractivity (Wildman–Crippen MR) is 103 cm³/mol. The number of para-hydroxylation sites is 1. The molecule has 1 fully saturated rings. The van der Waals surface area contributed by atoms with Gasteiger partial charge in [0.05, 0.1) is 23.5 Å². The summed E-state index contributed by atoms with van der Waals surface area (Å²) in [7, 11) is 3.92. The number of aromatic nitrogens is 1. The summed E-state index contributed by atoms with van der Waals surface area (Å²) in [5.74, 6) is 0.570. The first-order valence-corrected chi connectivity index (χ1v) is 9.07. The van der Waals surface area contributed by atoms with Crippen LogP contribution in [0.25, 0.3) is 17.0 Å². The molecule has 0 radical (unpaired) electrons. The zero-order valence-electron chi connectivity index (χ0n) is 15.2. The second-order valence-corrected chi connectivity index (χ2v) is 7.16. The Labute approximate surface area is 153 Å². The van der Waals surface area contributed by atoms with Crippen molar-refractivity contribution in [3.63, 3.8) is 0 Å². The Morgan fingerprint density at radius 2 is 2.19 bits per heavy atom. The summed E-state index contributed by atoms with van der Waals surface area (Å²) in [6.07, 6.45) is 4.14. The van der Waals surface area contributed by atoms with Crippen LogP contribution in [0.4, 0.5) is 4.79 Å². The molecule has 0 atom stereocenters. The van der Waals surface area contributed by atoms with Gasteiger partial charge >= 0.3 is 6.09 Å². The standard InChI is InChI=1S/C20H24N4O2/c1-23(2)9-10-26-20(25)24-17(11-15-5-3-4-6-18(15)24)12-16-13-21-22-19(16)14-7-8-14/h3-6,11-12,14,21H,7-10,13H2,1-2H3/b16-12+. The molecule has 26 heavy (non-hydrogen) atoms. The average molecular weight is 352 g/mol. The van der Waals surface area contributed by atoms with Gasteiger partial charge in [-0.05, 0) is 50.7 Å². The van der Waals surface area contributed by atoms with E-state index in [2.05, 4.69) is 16.6 Å². The largest absolute Gasteiger partial charge is 0.448 e. The van der Waals surface area contributed by atoms with Crippen LogP contribution < -0.4 is 5.43 Å². The van der Waals surface area contributed by atoms with Crippen LogP contribution >= 0.6 is 0 Å². The first-order valence-electron chi connectivity index (χ1n) is 9.07. The normalized spacial score (nSPS) is 18.4. The Kier molecular flexibility index (Phi) is 4.51. The van der Waals surface area contributed by atoms with Gasteiger partial charge in [-0.15, -0.1) is 0 Å². The summed E-state index contributed by atoms with van der Waals surface area (Å²) in [4.78, 5) is 14.8. The van der Waals surface area contributed by atoms with E-state index in [1.54, 1.807) is 4.57 Å². The monoisotopic (exact) mass is 352 g/mol. The highest BCUT2D eigenvalue weighted by Gasteiger charge is 2.32. The Morgan fingerprint density at radius 1 is 1.38 bits per heavy atom. The molecular formula is C20H24N4O2. The van der Waals surface area contributed by atoms with Crippen molar-refractivity contribution in [3.05, 3.63) is 41.6 Å². The number of ether oxygens (including phenoxy) is 1. The minimum Gasteiger partial charge on any atom is -0.448 e. The van der Waals surface area contributed by atoms with E-state index in [-0.39, 0.29) is 6.09 Å².